The minimum absolute atomic E-state index is 0.218. The number of aryl methyl sites for hydroxylation is 1. The van der Waals surface area contributed by atoms with Crippen molar-refractivity contribution >= 4 is 23.4 Å². The summed E-state index contributed by atoms with van der Waals surface area (Å²) < 4.78 is 5.75. The summed E-state index contributed by atoms with van der Waals surface area (Å²) in [5.74, 6) is 6.72. The second-order valence-electron chi connectivity index (χ2n) is 9.71. The summed E-state index contributed by atoms with van der Waals surface area (Å²) in [4.78, 5) is 13.7. The molecule has 1 aromatic heterocycles. The monoisotopic (exact) mass is 448 g/mol. The van der Waals surface area contributed by atoms with Gasteiger partial charge >= 0.3 is 0 Å². The van der Waals surface area contributed by atoms with Crippen LogP contribution in [0.25, 0.3) is 0 Å². The minimum Gasteiger partial charge on any atom is -0.376 e. The average Bonchev–Trinajstić information content (AvgIpc) is 2.82. The van der Waals surface area contributed by atoms with Crippen molar-refractivity contribution in [3.63, 3.8) is 0 Å². The number of ether oxygens (including phenoxy) is 1. The van der Waals surface area contributed by atoms with E-state index in [1.54, 1.807) is 6.21 Å². The van der Waals surface area contributed by atoms with Crippen LogP contribution in [0.1, 0.15) is 37.3 Å². The lowest BCUT2D eigenvalue weighted by Gasteiger charge is -2.51. The molecule has 0 aliphatic carbocycles. The number of nitrogens with two attached hydrogens (primary N) is 1. The molecule has 176 valence electrons. The number of benzene rings is 1. The van der Waals surface area contributed by atoms with Crippen molar-refractivity contribution in [1.29, 1.82) is 0 Å². The van der Waals surface area contributed by atoms with E-state index in [1.165, 1.54) is 12.1 Å². The average molecular weight is 449 g/mol. The Bertz CT molecular complexity index is 978. The van der Waals surface area contributed by atoms with Gasteiger partial charge < -0.3 is 20.4 Å². The second-order valence-corrected chi connectivity index (χ2v) is 9.71. The highest BCUT2D eigenvalue weighted by atomic mass is 16.5. The quantitative estimate of drug-likeness (QED) is 0.379. The van der Waals surface area contributed by atoms with Crippen LogP contribution in [0.3, 0.4) is 0 Å². The fraction of sp³-hybridized carbons (Fsp3) is 0.500. The van der Waals surface area contributed by atoms with Gasteiger partial charge in [0.1, 0.15) is 11.5 Å². The molecule has 2 fully saturated rings. The number of aliphatic imine (C=N–C) groups is 1. The van der Waals surface area contributed by atoms with Crippen molar-refractivity contribution in [2.75, 3.05) is 49.6 Å². The van der Waals surface area contributed by atoms with Gasteiger partial charge in [-0.25, -0.2) is 4.98 Å². The lowest BCUT2D eigenvalue weighted by Crippen LogP contribution is -2.59. The molecule has 33 heavy (non-hydrogen) atoms. The number of hydrazone groups is 1. The van der Waals surface area contributed by atoms with Gasteiger partial charge in [0, 0.05) is 62.4 Å². The molecule has 7 nitrogen and oxygen atoms in total. The van der Waals surface area contributed by atoms with Gasteiger partial charge in [0.2, 0.25) is 0 Å². The van der Waals surface area contributed by atoms with E-state index in [-0.39, 0.29) is 11.5 Å². The minimum atomic E-state index is 0.218. The Kier molecular flexibility index (Phi) is 7.28. The molecule has 0 saturated carbocycles. The SMILES string of the molecule is Cc1cc(N2CC(C)(CN(C)c3ccccn3)C2)ccc1/C(C=NCC1CCCCO1)=N/N. The van der Waals surface area contributed by atoms with Crippen LogP contribution in [0.2, 0.25) is 0 Å². The lowest BCUT2D eigenvalue weighted by molar-refractivity contribution is 0.0226. The van der Waals surface area contributed by atoms with Crippen LogP contribution in [-0.2, 0) is 4.74 Å². The highest BCUT2D eigenvalue weighted by Crippen LogP contribution is 2.36. The molecule has 0 spiro atoms. The first-order chi connectivity index (χ1) is 16.0. The number of hydrogen-bond acceptors (Lipinski definition) is 7. The number of aromatic nitrogens is 1. The molecular formula is C26H36N6O. The Morgan fingerprint density at radius 2 is 2.15 bits per heavy atom. The molecular weight excluding hydrogens is 412 g/mol. The predicted octanol–water partition coefficient (Wildman–Crippen LogP) is 3.66. The maximum atomic E-state index is 5.75. The van der Waals surface area contributed by atoms with Crippen LogP contribution in [0.5, 0.6) is 0 Å². The zero-order valence-electron chi connectivity index (χ0n) is 20.1. The van der Waals surface area contributed by atoms with Crippen molar-refractivity contribution in [3.8, 4) is 0 Å². The molecule has 1 unspecified atom stereocenters. The van der Waals surface area contributed by atoms with Crippen LogP contribution in [-0.4, -0.2) is 62.8 Å². The first kappa shape index (κ1) is 23.2. The van der Waals surface area contributed by atoms with E-state index in [9.17, 15) is 0 Å². The van der Waals surface area contributed by atoms with Crippen molar-refractivity contribution < 1.29 is 4.74 Å². The van der Waals surface area contributed by atoms with Gasteiger partial charge in [0.15, 0.2) is 0 Å². The molecule has 7 heteroatoms. The number of rotatable bonds is 8. The summed E-state index contributed by atoms with van der Waals surface area (Å²) in [7, 11) is 2.12. The normalized spacial score (nSPS) is 20.6. The van der Waals surface area contributed by atoms with E-state index in [0.717, 1.165) is 56.0 Å². The largest absolute Gasteiger partial charge is 0.376 e. The van der Waals surface area contributed by atoms with E-state index < -0.39 is 0 Å². The van der Waals surface area contributed by atoms with Crippen molar-refractivity contribution in [1.82, 2.24) is 4.98 Å². The predicted molar refractivity (Wildman–Crippen MR) is 137 cm³/mol. The van der Waals surface area contributed by atoms with Gasteiger partial charge in [-0.15, -0.1) is 0 Å². The summed E-state index contributed by atoms with van der Waals surface area (Å²) in [6.07, 6.45) is 7.29. The number of pyridine rings is 1. The molecule has 1 atom stereocenters. The molecule has 1 aromatic carbocycles. The Labute approximate surface area is 197 Å². The molecule has 0 bridgehead atoms. The highest BCUT2D eigenvalue weighted by molar-refractivity contribution is 6.38. The fourth-order valence-corrected chi connectivity index (χ4v) is 4.90. The van der Waals surface area contributed by atoms with Crippen molar-refractivity contribution in [3.05, 3.63) is 53.7 Å². The van der Waals surface area contributed by atoms with Gasteiger partial charge in [0.25, 0.3) is 0 Å². The maximum Gasteiger partial charge on any atom is 0.128 e. The van der Waals surface area contributed by atoms with E-state index in [4.69, 9.17) is 10.6 Å². The first-order valence-electron chi connectivity index (χ1n) is 11.8. The molecule has 0 radical (unpaired) electrons. The maximum absolute atomic E-state index is 5.75. The molecule has 4 rings (SSSR count). The summed E-state index contributed by atoms with van der Waals surface area (Å²) in [6, 6.07) is 12.5. The van der Waals surface area contributed by atoms with Gasteiger partial charge in [-0.3, -0.25) is 4.99 Å². The van der Waals surface area contributed by atoms with Gasteiger partial charge in [-0.2, -0.15) is 5.10 Å². The van der Waals surface area contributed by atoms with Crippen molar-refractivity contribution in [2.45, 2.75) is 39.2 Å². The summed E-state index contributed by atoms with van der Waals surface area (Å²) in [5, 5.41) is 4.00. The zero-order chi connectivity index (χ0) is 23.3. The topological polar surface area (TPSA) is 79.3 Å². The Morgan fingerprint density at radius 3 is 2.82 bits per heavy atom. The molecule has 2 saturated heterocycles. The number of nitrogens with zero attached hydrogens (tertiary/aromatic N) is 5. The van der Waals surface area contributed by atoms with Gasteiger partial charge in [0.05, 0.1) is 12.6 Å². The Morgan fingerprint density at radius 1 is 1.30 bits per heavy atom. The zero-order valence-corrected chi connectivity index (χ0v) is 20.1. The smallest absolute Gasteiger partial charge is 0.128 e. The van der Waals surface area contributed by atoms with E-state index in [1.807, 2.05) is 18.3 Å². The van der Waals surface area contributed by atoms with Crippen LogP contribution in [0, 0.1) is 12.3 Å². The summed E-state index contributed by atoms with van der Waals surface area (Å²) >= 11 is 0. The summed E-state index contributed by atoms with van der Waals surface area (Å²) in [5.41, 5.74) is 4.35. The third-order valence-corrected chi connectivity index (χ3v) is 6.59. The lowest BCUT2D eigenvalue weighted by atomic mass is 9.81. The molecule has 2 aromatic rings. The summed E-state index contributed by atoms with van der Waals surface area (Å²) in [6.45, 7) is 8.96. The number of anilines is 2. The Hall–Kier alpha value is -2.93. The molecule has 3 heterocycles. The molecule has 2 aliphatic heterocycles. The third-order valence-electron chi connectivity index (χ3n) is 6.59. The van der Waals surface area contributed by atoms with Crippen LogP contribution < -0.4 is 15.6 Å². The van der Waals surface area contributed by atoms with E-state index in [0.29, 0.717) is 12.3 Å². The van der Waals surface area contributed by atoms with Gasteiger partial charge in [-0.05, 0) is 56.0 Å². The molecule has 0 amide bonds. The van der Waals surface area contributed by atoms with Gasteiger partial charge in [-0.1, -0.05) is 19.1 Å². The third kappa shape index (κ3) is 5.71. The second kappa shape index (κ2) is 10.3. The molecule has 2 N–H and O–H groups in total. The fourth-order valence-electron chi connectivity index (χ4n) is 4.90. The number of hydrogen-bond donors (Lipinski definition) is 1. The highest BCUT2D eigenvalue weighted by Gasteiger charge is 2.40. The van der Waals surface area contributed by atoms with Crippen LogP contribution in [0.4, 0.5) is 11.5 Å². The van der Waals surface area contributed by atoms with Crippen LogP contribution >= 0.6 is 0 Å². The van der Waals surface area contributed by atoms with Crippen LogP contribution in [0.15, 0.2) is 52.7 Å². The first-order valence-corrected chi connectivity index (χ1v) is 11.8. The van der Waals surface area contributed by atoms with E-state index >= 15 is 0 Å². The molecule has 2 aliphatic rings. The Balaban J connectivity index is 1.34. The standard InChI is InChI=1S/C26H36N6O/c1-20-14-21(32-18-26(2,19-32)17-31(3)25-9-4-6-12-29-25)10-11-23(20)24(30-27)16-28-15-22-8-5-7-13-33-22/h4,6,9-12,14,16,22H,5,7-8,13,15,17-19,27H2,1-3H3/b28-16?,30-24+. The van der Waals surface area contributed by atoms with Crippen molar-refractivity contribution in [2.24, 2.45) is 21.4 Å². The van der Waals surface area contributed by atoms with E-state index in [2.05, 4.69) is 70.0 Å².